The zero-order valence-corrected chi connectivity index (χ0v) is 22.3. The summed E-state index contributed by atoms with van der Waals surface area (Å²) in [6.45, 7) is 10.1. The summed E-state index contributed by atoms with van der Waals surface area (Å²) in [5, 5.41) is 10.2. The van der Waals surface area contributed by atoms with Crippen molar-refractivity contribution in [3.05, 3.63) is 71.4 Å². The van der Waals surface area contributed by atoms with E-state index in [1.54, 1.807) is 4.68 Å². The van der Waals surface area contributed by atoms with Crippen molar-refractivity contribution in [3.63, 3.8) is 0 Å². The molecule has 0 aliphatic heterocycles. The standard InChI is InChI=1S/C28H34F3N5O2/c1-6-7-16-35(26(38)32-21-12-10-20(11-13-21)28(29,30)31)18-25(37)33-24-17-23(27(3,4)5)34-36(24)22-14-8-19(2)9-15-22/h8-15,17H,6-7,16,18H2,1-5H3,(H,32,38)(H,33,37). The van der Waals surface area contributed by atoms with Gasteiger partial charge in [0, 0.05) is 23.7 Å². The van der Waals surface area contributed by atoms with Gasteiger partial charge in [-0.3, -0.25) is 4.79 Å². The molecule has 0 aliphatic carbocycles. The van der Waals surface area contributed by atoms with Gasteiger partial charge in [0.05, 0.1) is 16.9 Å². The minimum Gasteiger partial charge on any atom is -0.315 e. The summed E-state index contributed by atoms with van der Waals surface area (Å²) in [6, 6.07) is 13.2. The van der Waals surface area contributed by atoms with Crippen LogP contribution in [0.4, 0.5) is 29.5 Å². The molecule has 7 nitrogen and oxygen atoms in total. The van der Waals surface area contributed by atoms with Crippen molar-refractivity contribution in [2.24, 2.45) is 0 Å². The molecular formula is C28H34F3N5O2. The molecule has 0 saturated heterocycles. The largest absolute Gasteiger partial charge is 0.416 e. The Balaban J connectivity index is 1.77. The van der Waals surface area contributed by atoms with Crippen molar-refractivity contribution < 1.29 is 22.8 Å². The van der Waals surface area contributed by atoms with Crippen LogP contribution in [0.3, 0.4) is 0 Å². The summed E-state index contributed by atoms with van der Waals surface area (Å²) in [7, 11) is 0. The highest BCUT2D eigenvalue weighted by Gasteiger charge is 2.30. The maximum atomic E-state index is 13.1. The predicted octanol–water partition coefficient (Wildman–Crippen LogP) is 6.77. The van der Waals surface area contributed by atoms with Gasteiger partial charge < -0.3 is 15.5 Å². The Kier molecular flexibility index (Phi) is 8.85. The number of alkyl halides is 3. The molecule has 0 fully saturated rings. The van der Waals surface area contributed by atoms with Crippen molar-refractivity contribution >= 4 is 23.4 Å². The third kappa shape index (κ3) is 7.60. The van der Waals surface area contributed by atoms with Gasteiger partial charge in [0.1, 0.15) is 12.4 Å². The molecule has 0 unspecified atom stereocenters. The molecule has 0 saturated carbocycles. The van der Waals surface area contributed by atoms with Crippen molar-refractivity contribution in [2.45, 2.75) is 59.1 Å². The molecule has 0 bridgehead atoms. The Hall–Kier alpha value is -3.82. The number of aryl methyl sites for hydroxylation is 1. The molecule has 2 N–H and O–H groups in total. The van der Waals surface area contributed by atoms with Gasteiger partial charge in [0.2, 0.25) is 5.91 Å². The number of anilines is 2. The van der Waals surface area contributed by atoms with Gasteiger partial charge in [-0.05, 0) is 49.7 Å². The number of carbonyl (C=O) groups is 2. The molecule has 0 spiro atoms. The number of hydrogen-bond donors (Lipinski definition) is 2. The third-order valence-corrected chi connectivity index (χ3v) is 5.89. The zero-order valence-electron chi connectivity index (χ0n) is 22.3. The van der Waals surface area contributed by atoms with Crippen LogP contribution in [0.1, 0.15) is 57.4 Å². The molecule has 3 rings (SSSR count). The highest BCUT2D eigenvalue weighted by Crippen LogP contribution is 2.30. The Labute approximate surface area is 221 Å². The van der Waals surface area contributed by atoms with E-state index in [1.807, 2.05) is 65.0 Å². The van der Waals surface area contributed by atoms with E-state index >= 15 is 0 Å². The Morgan fingerprint density at radius 2 is 1.61 bits per heavy atom. The number of unbranched alkanes of at least 4 members (excludes halogenated alkanes) is 1. The fraction of sp³-hybridized carbons (Fsp3) is 0.393. The van der Waals surface area contributed by atoms with E-state index in [4.69, 9.17) is 5.10 Å². The van der Waals surface area contributed by atoms with E-state index in [0.29, 0.717) is 18.8 Å². The molecule has 204 valence electrons. The number of hydrogen-bond acceptors (Lipinski definition) is 3. The lowest BCUT2D eigenvalue weighted by Gasteiger charge is -2.22. The quantitative estimate of drug-likeness (QED) is 0.338. The summed E-state index contributed by atoms with van der Waals surface area (Å²) in [5.74, 6) is 0.0553. The van der Waals surface area contributed by atoms with Gasteiger partial charge in [0.25, 0.3) is 0 Å². The fourth-order valence-corrected chi connectivity index (χ4v) is 3.62. The van der Waals surface area contributed by atoms with E-state index in [-0.39, 0.29) is 17.6 Å². The molecular weight excluding hydrogens is 495 g/mol. The van der Waals surface area contributed by atoms with Crippen LogP contribution in [-0.4, -0.2) is 39.7 Å². The first-order valence-electron chi connectivity index (χ1n) is 12.5. The zero-order chi connectivity index (χ0) is 28.1. The van der Waals surface area contributed by atoms with E-state index in [1.165, 1.54) is 17.0 Å². The van der Waals surface area contributed by atoms with Gasteiger partial charge in [-0.15, -0.1) is 0 Å². The molecule has 0 atom stereocenters. The number of urea groups is 1. The Morgan fingerprint density at radius 1 is 0.974 bits per heavy atom. The fourth-order valence-electron chi connectivity index (χ4n) is 3.62. The van der Waals surface area contributed by atoms with Crippen LogP contribution in [0.25, 0.3) is 5.69 Å². The highest BCUT2D eigenvalue weighted by atomic mass is 19.4. The summed E-state index contributed by atoms with van der Waals surface area (Å²) < 4.78 is 40.2. The first-order valence-corrected chi connectivity index (χ1v) is 12.5. The number of halogens is 3. The topological polar surface area (TPSA) is 79.3 Å². The smallest absolute Gasteiger partial charge is 0.315 e. The first-order chi connectivity index (χ1) is 17.8. The van der Waals surface area contributed by atoms with Crippen molar-refractivity contribution in [1.82, 2.24) is 14.7 Å². The number of aromatic nitrogens is 2. The summed E-state index contributed by atoms with van der Waals surface area (Å²) >= 11 is 0. The summed E-state index contributed by atoms with van der Waals surface area (Å²) in [6.07, 6.45) is -3.02. The minimum atomic E-state index is -4.47. The molecule has 1 heterocycles. The lowest BCUT2D eigenvalue weighted by molar-refractivity contribution is -0.137. The van der Waals surface area contributed by atoms with Crippen LogP contribution >= 0.6 is 0 Å². The Bertz CT molecular complexity index is 1240. The second kappa shape index (κ2) is 11.7. The van der Waals surface area contributed by atoms with E-state index in [2.05, 4.69) is 10.6 Å². The van der Waals surface area contributed by atoms with Crippen LogP contribution in [-0.2, 0) is 16.4 Å². The average Bonchev–Trinajstić information content (AvgIpc) is 3.26. The molecule has 1 aromatic heterocycles. The number of benzene rings is 2. The highest BCUT2D eigenvalue weighted by molar-refractivity contribution is 5.96. The maximum absolute atomic E-state index is 13.1. The molecule has 38 heavy (non-hydrogen) atoms. The second-order valence-corrected chi connectivity index (χ2v) is 10.2. The van der Waals surface area contributed by atoms with E-state index < -0.39 is 23.7 Å². The van der Waals surface area contributed by atoms with Crippen LogP contribution < -0.4 is 10.6 Å². The number of nitrogens with zero attached hydrogens (tertiary/aromatic N) is 3. The van der Waals surface area contributed by atoms with Crippen LogP contribution in [0.5, 0.6) is 0 Å². The van der Waals surface area contributed by atoms with Crippen LogP contribution in [0, 0.1) is 6.92 Å². The number of nitrogens with one attached hydrogen (secondary N) is 2. The average molecular weight is 530 g/mol. The van der Waals surface area contributed by atoms with Crippen molar-refractivity contribution in [2.75, 3.05) is 23.7 Å². The predicted molar refractivity (Wildman–Crippen MR) is 143 cm³/mol. The van der Waals surface area contributed by atoms with E-state index in [9.17, 15) is 22.8 Å². The maximum Gasteiger partial charge on any atom is 0.416 e. The van der Waals surface area contributed by atoms with Crippen LogP contribution in [0.15, 0.2) is 54.6 Å². The van der Waals surface area contributed by atoms with E-state index in [0.717, 1.165) is 35.5 Å². The van der Waals surface area contributed by atoms with Gasteiger partial charge in [-0.2, -0.15) is 18.3 Å². The SMILES string of the molecule is CCCCN(CC(=O)Nc1cc(C(C)(C)C)nn1-c1ccc(C)cc1)C(=O)Nc1ccc(C(F)(F)F)cc1. The molecule has 3 amide bonds. The summed E-state index contributed by atoms with van der Waals surface area (Å²) in [5.41, 5.74) is 1.80. The number of rotatable bonds is 8. The molecule has 0 aliphatic rings. The first kappa shape index (κ1) is 28.7. The second-order valence-electron chi connectivity index (χ2n) is 10.2. The van der Waals surface area contributed by atoms with Gasteiger partial charge in [0.15, 0.2) is 0 Å². The minimum absolute atomic E-state index is 0.206. The molecule has 10 heteroatoms. The Morgan fingerprint density at radius 3 is 2.16 bits per heavy atom. The third-order valence-electron chi connectivity index (χ3n) is 5.89. The molecule has 3 aromatic rings. The van der Waals surface area contributed by atoms with Gasteiger partial charge in [-0.1, -0.05) is 51.8 Å². The monoisotopic (exact) mass is 529 g/mol. The van der Waals surface area contributed by atoms with Crippen molar-refractivity contribution in [3.8, 4) is 5.69 Å². The number of amides is 3. The van der Waals surface area contributed by atoms with Crippen molar-refractivity contribution in [1.29, 1.82) is 0 Å². The molecule has 0 radical (unpaired) electrons. The lowest BCUT2D eigenvalue weighted by Crippen LogP contribution is -2.41. The summed E-state index contributed by atoms with van der Waals surface area (Å²) in [4.78, 5) is 27.4. The normalized spacial score (nSPS) is 11.8. The van der Waals surface area contributed by atoms with Gasteiger partial charge in [-0.25, -0.2) is 9.48 Å². The van der Waals surface area contributed by atoms with Crippen LogP contribution in [0.2, 0.25) is 0 Å². The number of carbonyl (C=O) groups excluding carboxylic acids is 2. The lowest BCUT2D eigenvalue weighted by atomic mass is 9.92. The molecule has 2 aromatic carbocycles. The van der Waals surface area contributed by atoms with Gasteiger partial charge >= 0.3 is 12.2 Å².